The number of aryl methyl sites for hydroxylation is 1. The highest BCUT2D eigenvalue weighted by Crippen LogP contribution is 2.26. The zero-order valence-corrected chi connectivity index (χ0v) is 14.8. The number of hydrazine groups is 1. The molecule has 1 atom stereocenters. The fourth-order valence-corrected chi connectivity index (χ4v) is 3.23. The number of rotatable bonds is 7. The van der Waals surface area contributed by atoms with E-state index >= 15 is 0 Å². The molecule has 128 valence electrons. The molecule has 3 N–H and O–H groups in total. The van der Waals surface area contributed by atoms with E-state index < -0.39 is 0 Å². The standard InChI is InChI=1S/C18H23N3O2S/c1-3-5-14-7-9-15(10-8-14)18(16-6-4-11-24-16)19-12-17(23)21-20-13(2)22/h4,6-11,18-19H,3,5,12H2,1-2H3,(H,20,22)(H,21,23)/t18-/m0/s1. The first-order valence-corrected chi connectivity index (χ1v) is 8.89. The molecule has 0 aliphatic rings. The van der Waals surface area contributed by atoms with Gasteiger partial charge in [-0.25, -0.2) is 0 Å². The fourth-order valence-electron chi connectivity index (χ4n) is 2.40. The van der Waals surface area contributed by atoms with Gasteiger partial charge in [-0.2, -0.15) is 0 Å². The van der Waals surface area contributed by atoms with Crippen molar-refractivity contribution in [3.63, 3.8) is 0 Å². The van der Waals surface area contributed by atoms with E-state index in [-0.39, 0.29) is 24.4 Å². The van der Waals surface area contributed by atoms with Gasteiger partial charge in [0, 0.05) is 11.8 Å². The molecule has 6 heteroatoms. The maximum absolute atomic E-state index is 11.8. The normalized spacial score (nSPS) is 11.8. The average molecular weight is 345 g/mol. The lowest BCUT2D eigenvalue weighted by Crippen LogP contribution is -2.45. The lowest BCUT2D eigenvalue weighted by Gasteiger charge is -2.18. The second kappa shape index (κ2) is 9.20. The molecule has 0 radical (unpaired) electrons. The summed E-state index contributed by atoms with van der Waals surface area (Å²) >= 11 is 1.65. The molecule has 24 heavy (non-hydrogen) atoms. The average Bonchev–Trinajstić information content (AvgIpc) is 3.09. The Morgan fingerprint density at radius 3 is 2.46 bits per heavy atom. The number of hydrogen-bond donors (Lipinski definition) is 3. The molecule has 0 saturated carbocycles. The topological polar surface area (TPSA) is 70.2 Å². The maximum Gasteiger partial charge on any atom is 0.252 e. The molecular weight excluding hydrogens is 322 g/mol. The Morgan fingerprint density at radius 1 is 1.12 bits per heavy atom. The van der Waals surface area contributed by atoms with Gasteiger partial charge >= 0.3 is 0 Å². The van der Waals surface area contributed by atoms with Crippen molar-refractivity contribution in [2.75, 3.05) is 6.54 Å². The van der Waals surface area contributed by atoms with Crippen LogP contribution in [0.3, 0.4) is 0 Å². The summed E-state index contributed by atoms with van der Waals surface area (Å²) in [5, 5.41) is 5.28. The SMILES string of the molecule is CCCc1ccc([C@H](NCC(=O)NNC(C)=O)c2cccs2)cc1. The molecule has 2 rings (SSSR count). The molecule has 0 aliphatic heterocycles. The van der Waals surface area contributed by atoms with E-state index in [9.17, 15) is 9.59 Å². The van der Waals surface area contributed by atoms with Gasteiger partial charge in [-0.15, -0.1) is 11.3 Å². The van der Waals surface area contributed by atoms with Crippen LogP contribution in [0.5, 0.6) is 0 Å². The molecule has 2 amide bonds. The number of thiophene rings is 1. The summed E-state index contributed by atoms with van der Waals surface area (Å²) in [6.07, 6.45) is 2.19. The molecule has 0 spiro atoms. The van der Waals surface area contributed by atoms with Gasteiger partial charge in [-0.05, 0) is 29.0 Å². The number of nitrogens with one attached hydrogen (secondary N) is 3. The first kappa shape index (κ1) is 18.2. The van der Waals surface area contributed by atoms with Crippen molar-refractivity contribution >= 4 is 23.2 Å². The molecule has 0 saturated heterocycles. The summed E-state index contributed by atoms with van der Waals surface area (Å²) in [7, 11) is 0. The fraction of sp³-hybridized carbons (Fsp3) is 0.333. The zero-order chi connectivity index (χ0) is 17.4. The first-order chi connectivity index (χ1) is 11.6. The van der Waals surface area contributed by atoms with Crippen LogP contribution in [0.15, 0.2) is 41.8 Å². The molecule has 0 fully saturated rings. The van der Waals surface area contributed by atoms with Crippen LogP contribution in [-0.2, 0) is 16.0 Å². The van der Waals surface area contributed by atoms with E-state index in [0.717, 1.165) is 23.3 Å². The van der Waals surface area contributed by atoms with Crippen molar-refractivity contribution in [1.82, 2.24) is 16.2 Å². The Balaban J connectivity index is 2.05. The summed E-state index contributed by atoms with van der Waals surface area (Å²) in [5.41, 5.74) is 7.08. The maximum atomic E-state index is 11.8. The number of carbonyl (C=O) groups is 2. The van der Waals surface area contributed by atoms with Crippen LogP contribution in [0.1, 0.15) is 42.3 Å². The Labute approximate surface area is 146 Å². The Morgan fingerprint density at radius 2 is 1.88 bits per heavy atom. The summed E-state index contributed by atoms with van der Waals surface area (Å²) in [5.74, 6) is -0.584. The minimum Gasteiger partial charge on any atom is -0.297 e. The van der Waals surface area contributed by atoms with Crippen molar-refractivity contribution in [3.05, 3.63) is 57.8 Å². The van der Waals surface area contributed by atoms with E-state index in [0.29, 0.717) is 0 Å². The van der Waals surface area contributed by atoms with Gasteiger partial charge in [-0.1, -0.05) is 43.7 Å². The highest BCUT2D eigenvalue weighted by atomic mass is 32.1. The Hall–Kier alpha value is -2.18. The molecule has 1 aromatic carbocycles. The van der Waals surface area contributed by atoms with Crippen molar-refractivity contribution in [2.45, 2.75) is 32.7 Å². The van der Waals surface area contributed by atoms with Gasteiger partial charge < -0.3 is 0 Å². The summed E-state index contributed by atoms with van der Waals surface area (Å²) in [6.45, 7) is 3.62. The van der Waals surface area contributed by atoms with E-state index in [1.54, 1.807) is 11.3 Å². The summed E-state index contributed by atoms with van der Waals surface area (Å²) in [4.78, 5) is 23.8. The summed E-state index contributed by atoms with van der Waals surface area (Å²) in [6, 6.07) is 12.5. The predicted molar refractivity (Wildman–Crippen MR) is 96.6 cm³/mol. The third-order valence-electron chi connectivity index (χ3n) is 3.52. The van der Waals surface area contributed by atoms with Crippen LogP contribution >= 0.6 is 11.3 Å². The lowest BCUT2D eigenvalue weighted by molar-refractivity contribution is -0.127. The van der Waals surface area contributed by atoms with E-state index in [1.807, 2.05) is 17.5 Å². The van der Waals surface area contributed by atoms with Crippen LogP contribution in [0.2, 0.25) is 0 Å². The van der Waals surface area contributed by atoms with E-state index in [4.69, 9.17) is 0 Å². The van der Waals surface area contributed by atoms with Crippen molar-refractivity contribution in [2.24, 2.45) is 0 Å². The second-order valence-electron chi connectivity index (χ2n) is 5.55. The smallest absolute Gasteiger partial charge is 0.252 e. The number of carbonyl (C=O) groups excluding carboxylic acids is 2. The molecule has 5 nitrogen and oxygen atoms in total. The molecule has 1 aromatic heterocycles. The Kier molecular flexibility index (Phi) is 6.96. The van der Waals surface area contributed by atoms with Gasteiger partial charge in [0.25, 0.3) is 5.91 Å². The van der Waals surface area contributed by atoms with Crippen LogP contribution in [0.4, 0.5) is 0 Å². The minimum absolute atomic E-state index is 0.0521. The number of amides is 2. The monoisotopic (exact) mass is 345 g/mol. The van der Waals surface area contributed by atoms with Crippen molar-refractivity contribution < 1.29 is 9.59 Å². The predicted octanol–water partition coefficient (Wildman–Crippen LogP) is 2.55. The molecule has 2 aromatic rings. The van der Waals surface area contributed by atoms with E-state index in [2.05, 4.69) is 47.4 Å². The molecule has 0 aliphatic carbocycles. The van der Waals surface area contributed by atoms with E-state index in [1.165, 1.54) is 12.5 Å². The highest BCUT2D eigenvalue weighted by Gasteiger charge is 2.16. The quantitative estimate of drug-likeness (QED) is 0.676. The van der Waals surface area contributed by atoms with Gasteiger partial charge in [0.1, 0.15) is 0 Å². The molecule has 0 unspecified atom stereocenters. The summed E-state index contributed by atoms with van der Waals surface area (Å²) < 4.78 is 0. The molecular formula is C18H23N3O2S. The van der Waals surface area contributed by atoms with Crippen LogP contribution in [0, 0.1) is 0 Å². The van der Waals surface area contributed by atoms with Crippen LogP contribution in [-0.4, -0.2) is 18.4 Å². The van der Waals surface area contributed by atoms with Crippen LogP contribution in [0.25, 0.3) is 0 Å². The number of benzene rings is 1. The van der Waals surface area contributed by atoms with Crippen molar-refractivity contribution in [1.29, 1.82) is 0 Å². The van der Waals surface area contributed by atoms with Gasteiger partial charge in [0.2, 0.25) is 5.91 Å². The van der Waals surface area contributed by atoms with Crippen molar-refractivity contribution in [3.8, 4) is 0 Å². The Bertz CT molecular complexity index is 653. The molecule has 1 heterocycles. The van der Waals surface area contributed by atoms with Gasteiger partial charge in [-0.3, -0.25) is 25.8 Å². The third-order valence-corrected chi connectivity index (χ3v) is 4.46. The van der Waals surface area contributed by atoms with Gasteiger partial charge in [0.15, 0.2) is 0 Å². The third kappa shape index (κ3) is 5.47. The lowest BCUT2D eigenvalue weighted by atomic mass is 10.0. The molecule has 0 bridgehead atoms. The zero-order valence-electron chi connectivity index (χ0n) is 14.0. The largest absolute Gasteiger partial charge is 0.297 e. The minimum atomic E-state index is -0.301. The number of hydrogen-bond acceptors (Lipinski definition) is 4. The van der Waals surface area contributed by atoms with Crippen LogP contribution < -0.4 is 16.2 Å². The second-order valence-corrected chi connectivity index (χ2v) is 6.53. The van der Waals surface area contributed by atoms with Gasteiger partial charge in [0.05, 0.1) is 12.6 Å². The highest BCUT2D eigenvalue weighted by molar-refractivity contribution is 7.10. The first-order valence-electron chi connectivity index (χ1n) is 8.01.